The van der Waals surface area contributed by atoms with Crippen LogP contribution in [-0.2, 0) is 6.61 Å². The Kier molecular flexibility index (Phi) is 5.24. The van der Waals surface area contributed by atoms with E-state index in [4.69, 9.17) is 14.0 Å². The lowest BCUT2D eigenvalue weighted by molar-refractivity contribution is 0.284. The summed E-state index contributed by atoms with van der Waals surface area (Å²) in [6, 6.07) is 19.5. The third-order valence-corrected chi connectivity index (χ3v) is 4.43. The van der Waals surface area contributed by atoms with E-state index in [0.717, 1.165) is 22.3 Å². The molecule has 0 fully saturated rings. The lowest BCUT2D eigenvalue weighted by Crippen LogP contribution is -1.98. The predicted octanol–water partition coefficient (Wildman–Crippen LogP) is 5.44. The summed E-state index contributed by atoms with van der Waals surface area (Å²) in [5, 5.41) is 4.07. The summed E-state index contributed by atoms with van der Waals surface area (Å²) in [4.78, 5) is 4.47. The van der Waals surface area contributed by atoms with Crippen molar-refractivity contribution >= 4 is 0 Å². The fourth-order valence-corrected chi connectivity index (χ4v) is 2.87. The molecule has 0 saturated heterocycles. The highest BCUT2D eigenvalue weighted by atomic mass is 19.1. The smallest absolute Gasteiger partial charge is 0.258 e. The van der Waals surface area contributed by atoms with Crippen LogP contribution < -0.4 is 9.47 Å². The first-order chi connectivity index (χ1) is 14.1. The van der Waals surface area contributed by atoms with Crippen LogP contribution in [0.15, 0.2) is 71.3 Å². The molecule has 4 rings (SSSR count). The van der Waals surface area contributed by atoms with Gasteiger partial charge in [0.25, 0.3) is 5.89 Å². The van der Waals surface area contributed by atoms with Gasteiger partial charge in [-0.2, -0.15) is 4.98 Å². The van der Waals surface area contributed by atoms with Crippen LogP contribution in [0.2, 0.25) is 0 Å². The van der Waals surface area contributed by atoms with Crippen LogP contribution in [0.25, 0.3) is 22.8 Å². The average Bonchev–Trinajstić information content (AvgIpc) is 3.23. The van der Waals surface area contributed by atoms with Crippen molar-refractivity contribution in [1.29, 1.82) is 0 Å². The number of aryl methyl sites for hydroxylation is 1. The average molecular weight is 390 g/mol. The van der Waals surface area contributed by atoms with Gasteiger partial charge in [-0.05, 0) is 55.0 Å². The SMILES string of the molecule is COc1cc(-c2noc(-c3ccc(C)cc3)n2)ccc1OCc1cccc(F)c1. The zero-order chi connectivity index (χ0) is 20.2. The Hall–Kier alpha value is -3.67. The lowest BCUT2D eigenvalue weighted by Gasteiger charge is -2.11. The third-order valence-electron chi connectivity index (χ3n) is 4.43. The zero-order valence-electron chi connectivity index (χ0n) is 16.1. The van der Waals surface area contributed by atoms with Crippen LogP contribution >= 0.6 is 0 Å². The van der Waals surface area contributed by atoms with E-state index in [9.17, 15) is 4.39 Å². The van der Waals surface area contributed by atoms with Crippen LogP contribution in [0.1, 0.15) is 11.1 Å². The van der Waals surface area contributed by atoms with Gasteiger partial charge in [-0.15, -0.1) is 0 Å². The Bertz CT molecular complexity index is 1120. The number of aromatic nitrogens is 2. The summed E-state index contributed by atoms with van der Waals surface area (Å²) in [7, 11) is 1.56. The van der Waals surface area contributed by atoms with Gasteiger partial charge in [0.2, 0.25) is 5.82 Å². The second-order valence-corrected chi connectivity index (χ2v) is 6.57. The second kappa shape index (κ2) is 8.14. The Labute approximate surface area is 167 Å². The highest BCUT2D eigenvalue weighted by molar-refractivity contribution is 5.63. The molecule has 0 radical (unpaired) electrons. The van der Waals surface area contributed by atoms with Crippen molar-refractivity contribution in [2.45, 2.75) is 13.5 Å². The molecule has 0 bridgehead atoms. The van der Waals surface area contributed by atoms with Gasteiger partial charge in [-0.1, -0.05) is 35.0 Å². The molecule has 0 N–H and O–H groups in total. The minimum absolute atomic E-state index is 0.229. The Balaban J connectivity index is 1.54. The molecule has 5 nitrogen and oxygen atoms in total. The maximum atomic E-state index is 13.3. The van der Waals surface area contributed by atoms with Crippen molar-refractivity contribution in [2.24, 2.45) is 0 Å². The highest BCUT2D eigenvalue weighted by Crippen LogP contribution is 2.33. The van der Waals surface area contributed by atoms with Crippen LogP contribution in [0.5, 0.6) is 11.5 Å². The van der Waals surface area contributed by atoms with E-state index in [-0.39, 0.29) is 12.4 Å². The van der Waals surface area contributed by atoms with Crippen molar-refractivity contribution in [1.82, 2.24) is 10.1 Å². The van der Waals surface area contributed by atoms with Crippen molar-refractivity contribution in [3.63, 3.8) is 0 Å². The van der Waals surface area contributed by atoms with Gasteiger partial charge >= 0.3 is 0 Å². The Morgan fingerprint density at radius 1 is 0.931 bits per heavy atom. The molecule has 0 aliphatic rings. The molecule has 0 aliphatic heterocycles. The Morgan fingerprint density at radius 3 is 2.48 bits per heavy atom. The van der Waals surface area contributed by atoms with E-state index in [0.29, 0.717) is 23.2 Å². The molecule has 0 aliphatic carbocycles. The number of hydrogen-bond donors (Lipinski definition) is 0. The van der Waals surface area contributed by atoms with Crippen LogP contribution in [0, 0.1) is 12.7 Å². The van der Waals surface area contributed by atoms with Crippen molar-refractivity contribution in [2.75, 3.05) is 7.11 Å². The molecule has 0 atom stereocenters. The van der Waals surface area contributed by atoms with Gasteiger partial charge in [-0.25, -0.2) is 4.39 Å². The monoisotopic (exact) mass is 390 g/mol. The fourth-order valence-electron chi connectivity index (χ4n) is 2.87. The summed E-state index contributed by atoms with van der Waals surface area (Å²) < 4.78 is 29.9. The van der Waals surface area contributed by atoms with Crippen molar-refractivity contribution in [3.8, 4) is 34.3 Å². The van der Waals surface area contributed by atoms with Gasteiger partial charge in [-0.3, -0.25) is 0 Å². The predicted molar refractivity (Wildman–Crippen MR) is 107 cm³/mol. The molecule has 4 aromatic rings. The summed E-state index contributed by atoms with van der Waals surface area (Å²) >= 11 is 0. The molecular formula is C23H19FN2O3. The topological polar surface area (TPSA) is 57.4 Å². The van der Waals surface area contributed by atoms with Gasteiger partial charge in [0.1, 0.15) is 12.4 Å². The van der Waals surface area contributed by atoms with Gasteiger partial charge in [0.15, 0.2) is 11.5 Å². The maximum Gasteiger partial charge on any atom is 0.258 e. The van der Waals surface area contributed by atoms with E-state index in [2.05, 4.69) is 10.1 Å². The number of methoxy groups -OCH3 is 1. The number of hydrogen-bond acceptors (Lipinski definition) is 5. The zero-order valence-corrected chi connectivity index (χ0v) is 16.1. The molecular weight excluding hydrogens is 371 g/mol. The summed E-state index contributed by atoms with van der Waals surface area (Å²) in [6.45, 7) is 2.25. The molecule has 6 heteroatoms. The van der Waals surface area contributed by atoms with Crippen molar-refractivity contribution < 1.29 is 18.4 Å². The first-order valence-electron chi connectivity index (χ1n) is 9.09. The number of nitrogens with zero attached hydrogens (tertiary/aromatic N) is 2. The van der Waals surface area contributed by atoms with E-state index in [1.165, 1.54) is 12.1 Å². The standard InChI is InChI=1S/C23H19FN2O3/c1-15-6-8-17(9-7-15)23-25-22(26-29-23)18-10-11-20(21(13-18)27-2)28-14-16-4-3-5-19(24)12-16/h3-13H,14H2,1-2H3. The normalized spacial score (nSPS) is 10.7. The lowest BCUT2D eigenvalue weighted by atomic mass is 10.1. The molecule has 146 valence electrons. The first kappa shape index (κ1) is 18.7. The third kappa shape index (κ3) is 4.27. The number of halogens is 1. The molecule has 0 spiro atoms. The van der Waals surface area contributed by atoms with Crippen molar-refractivity contribution in [3.05, 3.63) is 83.7 Å². The number of ether oxygens (including phenoxy) is 2. The minimum Gasteiger partial charge on any atom is -0.493 e. The summed E-state index contributed by atoms with van der Waals surface area (Å²) in [5.74, 6) is 1.68. The highest BCUT2D eigenvalue weighted by Gasteiger charge is 2.14. The quantitative estimate of drug-likeness (QED) is 0.439. The van der Waals surface area contributed by atoms with Crippen LogP contribution in [-0.4, -0.2) is 17.3 Å². The van der Waals surface area contributed by atoms with Crippen LogP contribution in [0.3, 0.4) is 0 Å². The van der Waals surface area contributed by atoms with Gasteiger partial charge < -0.3 is 14.0 Å². The summed E-state index contributed by atoms with van der Waals surface area (Å²) in [6.07, 6.45) is 0. The molecule has 3 aromatic carbocycles. The number of rotatable bonds is 6. The van der Waals surface area contributed by atoms with Crippen LogP contribution in [0.4, 0.5) is 4.39 Å². The first-order valence-corrected chi connectivity index (χ1v) is 9.09. The van der Waals surface area contributed by atoms with E-state index < -0.39 is 0 Å². The molecule has 29 heavy (non-hydrogen) atoms. The van der Waals surface area contributed by atoms with Gasteiger partial charge in [0, 0.05) is 11.1 Å². The molecule has 1 aromatic heterocycles. The fraction of sp³-hybridized carbons (Fsp3) is 0.130. The van der Waals surface area contributed by atoms with E-state index >= 15 is 0 Å². The minimum atomic E-state index is -0.296. The number of benzene rings is 3. The molecule has 0 saturated carbocycles. The molecule has 1 heterocycles. The van der Waals surface area contributed by atoms with Gasteiger partial charge in [0.05, 0.1) is 7.11 Å². The largest absolute Gasteiger partial charge is 0.493 e. The Morgan fingerprint density at radius 2 is 1.72 bits per heavy atom. The second-order valence-electron chi connectivity index (χ2n) is 6.57. The summed E-state index contributed by atoms with van der Waals surface area (Å²) in [5.41, 5.74) is 3.49. The van der Waals surface area contributed by atoms with E-state index in [1.54, 1.807) is 31.4 Å². The molecule has 0 amide bonds. The van der Waals surface area contributed by atoms with E-state index in [1.807, 2.05) is 37.3 Å². The molecule has 0 unspecified atom stereocenters. The maximum absolute atomic E-state index is 13.3.